The highest BCUT2D eigenvalue weighted by atomic mass is 31.1. The lowest BCUT2D eigenvalue weighted by atomic mass is 9.78. The molecule has 1 aromatic rings. The molecule has 3 nitrogen and oxygen atoms in total. The monoisotopic (exact) mass is 285 g/mol. The Morgan fingerprint density at radius 3 is 1.42 bits per heavy atom. The lowest BCUT2D eigenvalue weighted by Crippen LogP contribution is -2.17. The average molecular weight is 285 g/mol. The van der Waals surface area contributed by atoms with Crippen LogP contribution in [0.2, 0.25) is 0 Å². The molecule has 0 saturated carbocycles. The van der Waals surface area contributed by atoms with Crippen molar-refractivity contribution in [1.82, 2.24) is 0 Å². The Labute approximate surface area is 118 Å². The summed E-state index contributed by atoms with van der Waals surface area (Å²) in [6.45, 7) is 14.9. The van der Waals surface area contributed by atoms with Crippen LogP contribution in [-0.2, 0) is 15.4 Å². The van der Waals surface area contributed by atoms with Gasteiger partial charge >= 0.3 is 8.69 Å². The van der Waals surface area contributed by atoms with Crippen LogP contribution in [0.4, 0.5) is 0 Å². The Balaban J connectivity index is 0.000000982. The molecule has 0 aliphatic carbocycles. The molecule has 1 unspecified atom stereocenters. The highest BCUT2D eigenvalue weighted by Gasteiger charge is 2.25. The van der Waals surface area contributed by atoms with Crippen molar-refractivity contribution in [3.63, 3.8) is 0 Å². The lowest BCUT2D eigenvalue weighted by molar-refractivity contribution is 0.423. The predicted molar refractivity (Wildman–Crippen MR) is 81.5 cm³/mol. The maximum Gasteiger partial charge on any atom is 0.491 e. The van der Waals surface area contributed by atoms with E-state index in [1.165, 1.54) is 5.56 Å². The Hall–Kier alpha value is -0.920. The topological polar surface area (TPSA) is 57.5 Å². The van der Waals surface area contributed by atoms with Gasteiger partial charge < -0.3 is 5.11 Å². The van der Waals surface area contributed by atoms with Gasteiger partial charge in [-0.05, 0) is 33.4 Å². The summed E-state index contributed by atoms with van der Waals surface area (Å²) in [4.78, 5) is 7.04. The summed E-state index contributed by atoms with van der Waals surface area (Å²) < 4.78 is 8.51. The van der Waals surface area contributed by atoms with Crippen LogP contribution in [0.1, 0.15) is 58.2 Å². The summed E-state index contributed by atoms with van der Waals surface area (Å²) in [7, 11) is -1.17. The van der Waals surface area contributed by atoms with Crippen molar-refractivity contribution in [2.24, 2.45) is 0 Å². The summed E-state index contributed by atoms with van der Waals surface area (Å²) >= 11 is 0. The number of benzene rings is 1. The van der Waals surface area contributed by atoms with E-state index < -0.39 is 8.69 Å². The van der Waals surface area contributed by atoms with Crippen molar-refractivity contribution in [2.45, 2.75) is 59.3 Å². The first kappa shape index (κ1) is 18.1. The van der Waals surface area contributed by atoms with Crippen molar-refractivity contribution in [2.75, 3.05) is 0 Å². The predicted octanol–water partition coefficient (Wildman–Crippen LogP) is 4.21. The first-order valence-corrected chi connectivity index (χ1v) is 7.16. The van der Waals surface area contributed by atoms with Crippen LogP contribution in [-0.4, -0.2) is 10.00 Å². The molecule has 0 spiro atoms. The molecule has 0 amide bonds. The first-order valence-electron chi connectivity index (χ1n) is 6.31. The zero-order chi connectivity index (χ0) is 15.4. The smallest absolute Gasteiger partial charge is 0.491 e. The second-order valence-corrected chi connectivity index (χ2v) is 6.98. The Kier molecular flexibility index (Phi) is 6.18. The van der Waals surface area contributed by atoms with E-state index in [-0.39, 0.29) is 10.8 Å². The minimum atomic E-state index is -1.17. The van der Waals surface area contributed by atoms with E-state index in [1.807, 2.05) is 0 Å². The van der Waals surface area contributed by atoms with Crippen molar-refractivity contribution >= 4 is 8.69 Å². The fourth-order valence-electron chi connectivity index (χ4n) is 1.92. The fourth-order valence-corrected chi connectivity index (χ4v) is 1.92. The zero-order valence-electron chi connectivity index (χ0n) is 13.0. The van der Waals surface area contributed by atoms with Gasteiger partial charge in [0, 0.05) is 0 Å². The number of aryl methyl sites for hydroxylation is 1. The number of rotatable bonds is 0. The fraction of sp³-hybridized carbons (Fsp3) is 0.600. The van der Waals surface area contributed by atoms with Gasteiger partial charge in [-0.25, -0.2) is 0 Å². The van der Waals surface area contributed by atoms with E-state index in [0.29, 0.717) is 5.75 Å². The molecule has 0 aromatic heterocycles. The van der Waals surface area contributed by atoms with E-state index in [9.17, 15) is 5.11 Å². The maximum absolute atomic E-state index is 10.4. The van der Waals surface area contributed by atoms with Gasteiger partial charge in [0.05, 0.1) is 0 Å². The van der Waals surface area contributed by atoms with Gasteiger partial charge in [0.15, 0.2) is 0 Å². The number of hydrogen-bond acceptors (Lipinski definition) is 2. The third-order valence-electron chi connectivity index (χ3n) is 2.87. The minimum absolute atomic E-state index is 0.0178. The van der Waals surface area contributed by atoms with E-state index in [2.05, 4.69) is 60.6 Å². The Morgan fingerprint density at radius 2 is 1.21 bits per heavy atom. The van der Waals surface area contributed by atoms with Crippen molar-refractivity contribution in [1.29, 1.82) is 0 Å². The number of phenols is 1. The molecule has 0 fully saturated rings. The van der Waals surface area contributed by atoms with E-state index in [4.69, 9.17) is 9.46 Å². The lowest BCUT2D eigenvalue weighted by Gasteiger charge is -2.27. The molecule has 19 heavy (non-hydrogen) atoms. The second kappa shape index (κ2) is 6.49. The standard InChI is InChI=1S/C15H24O.HO2P/c1-10-8-11(14(2,3)4)13(16)12(9-10)15(5,6)7;1-3-2/h8-9,16H,1-7H3;3H/p+1. The highest BCUT2D eigenvalue weighted by molar-refractivity contribution is 7.16. The Morgan fingerprint density at radius 1 is 0.947 bits per heavy atom. The summed E-state index contributed by atoms with van der Waals surface area (Å²) in [6, 6.07) is 4.18. The third kappa shape index (κ3) is 5.30. The third-order valence-corrected chi connectivity index (χ3v) is 2.87. The first-order chi connectivity index (χ1) is 8.45. The van der Waals surface area contributed by atoms with Gasteiger partial charge in [0.2, 0.25) is 0 Å². The average Bonchev–Trinajstić information content (AvgIpc) is 2.19. The second-order valence-electron chi connectivity index (χ2n) is 6.80. The van der Waals surface area contributed by atoms with Gasteiger partial charge in [0.1, 0.15) is 5.75 Å². The van der Waals surface area contributed by atoms with Crippen LogP contribution in [0.25, 0.3) is 0 Å². The van der Waals surface area contributed by atoms with Crippen LogP contribution in [0.15, 0.2) is 12.1 Å². The molecule has 4 heteroatoms. The summed E-state index contributed by atoms with van der Waals surface area (Å²) in [5, 5.41) is 10.4. The molecule has 1 atom stereocenters. The molecule has 0 aliphatic heterocycles. The SMILES string of the molecule is Cc1cc(C(C)(C)C)c(O)c(C(C)(C)C)c1.O=[PH+]O. The zero-order valence-corrected chi connectivity index (χ0v) is 14.0. The molecule has 108 valence electrons. The van der Waals surface area contributed by atoms with E-state index >= 15 is 0 Å². The molecule has 0 radical (unpaired) electrons. The van der Waals surface area contributed by atoms with Crippen LogP contribution < -0.4 is 0 Å². The van der Waals surface area contributed by atoms with Crippen LogP contribution >= 0.6 is 8.69 Å². The molecular formula is C15H26O3P+. The molecule has 1 aromatic carbocycles. The molecule has 1 rings (SSSR count). The molecule has 0 bridgehead atoms. The number of aromatic hydroxyl groups is 1. The Bertz CT molecular complexity index is 405. The quantitative estimate of drug-likeness (QED) is 0.702. The van der Waals surface area contributed by atoms with Crippen LogP contribution in [0.3, 0.4) is 0 Å². The van der Waals surface area contributed by atoms with Gasteiger partial charge in [-0.3, -0.25) is 0 Å². The molecule has 0 saturated heterocycles. The summed E-state index contributed by atoms with van der Waals surface area (Å²) in [6.07, 6.45) is 0. The van der Waals surface area contributed by atoms with Gasteiger partial charge in [-0.15, -0.1) is 0 Å². The van der Waals surface area contributed by atoms with Crippen LogP contribution in [0.5, 0.6) is 5.75 Å². The van der Waals surface area contributed by atoms with Crippen molar-refractivity contribution < 1.29 is 14.6 Å². The maximum atomic E-state index is 10.4. The van der Waals surface area contributed by atoms with Gasteiger partial charge in [0.25, 0.3) is 0 Å². The number of hydrogen-bond donors (Lipinski definition) is 2. The van der Waals surface area contributed by atoms with Crippen molar-refractivity contribution in [3.8, 4) is 5.75 Å². The normalized spacial score (nSPS) is 12.0. The highest BCUT2D eigenvalue weighted by Crippen LogP contribution is 2.39. The molecule has 0 aliphatic rings. The van der Waals surface area contributed by atoms with Gasteiger partial charge in [-0.2, -0.15) is 4.89 Å². The summed E-state index contributed by atoms with van der Waals surface area (Å²) in [5.41, 5.74) is 3.26. The molecular weight excluding hydrogens is 259 g/mol. The van der Waals surface area contributed by atoms with Gasteiger partial charge in [-0.1, -0.05) is 59.2 Å². The van der Waals surface area contributed by atoms with E-state index in [1.54, 1.807) is 0 Å². The largest absolute Gasteiger partial charge is 0.507 e. The van der Waals surface area contributed by atoms with Crippen LogP contribution in [0, 0.1) is 6.92 Å². The minimum Gasteiger partial charge on any atom is -0.507 e. The summed E-state index contributed by atoms with van der Waals surface area (Å²) in [5.74, 6) is 0.464. The molecule has 0 heterocycles. The number of phenolic OH excluding ortho intramolecular Hbond substituents is 1. The molecule has 2 N–H and O–H groups in total. The van der Waals surface area contributed by atoms with Crippen molar-refractivity contribution in [3.05, 3.63) is 28.8 Å². The van der Waals surface area contributed by atoms with E-state index in [0.717, 1.165) is 11.1 Å².